The number of hydrogen-bond acceptors (Lipinski definition) is 5. The molecule has 0 saturated carbocycles. The summed E-state index contributed by atoms with van der Waals surface area (Å²) in [7, 11) is -6.68. The SMILES string of the molecule is O=C([C@@H]1CCS(=O)(=O)C1)N1CCN(S(=O)(=O)c2ccc3c(c2)CCC3)CC1. The van der Waals surface area contributed by atoms with Gasteiger partial charge in [-0.1, -0.05) is 6.07 Å². The third-order valence-electron chi connectivity index (χ3n) is 5.84. The highest BCUT2D eigenvalue weighted by Gasteiger charge is 2.37. The molecular formula is C18H24N2O5S2. The first kappa shape index (κ1) is 18.9. The molecule has 0 N–H and O–H groups in total. The minimum absolute atomic E-state index is 0.0656. The van der Waals surface area contributed by atoms with Gasteiger partial charge in [0.05, 0.1) is 22.3 Å². The van der Waals surface area contributed by atoms with Crippen LogP contribution in [0.15, 0.2) is 23.1 Å². The van der Waals surface area contributed by atoms with E-state index in [2.05, 4.69) is 0 Å². The van der Waals surface area contributed by atoms with Crippen LogP contribution >= 0.6 is 0 Å². The minimum Gasteiger partial charge on any atom is -0.340 e. The Bertz CT molecular complexity index is 963. The Kier molecular flexibility index (Phi) is 4.80. The molecule has 27 heavy (non-hydrogen) atoms. The lowest BCUT2D eigenvalue weighted by atomic mass is 10.1. The lowest BCUT2D eigenvalue weighted by Crippen LogP contribution is -2.52. The van der Waals surface area contributed by atoms with Gasteiger partial charge in [-0.25, -0.2) is 16.8 Å². The van der Waals surface area contributed by atoms with Gasteiger partial charge in [-0.05, 0) is 48.9 Å². The van der Waals surface area contributed by atoms with Gasteiger partial charge in [-0.2, -0.15) is 4.31 Å². The van der Waals surface area contributed by atoms with E-state index in [1.165, 1.54) is 9.87 Å². The molecule has 0 bridgehead atoms. The first-order chi connectivity index (χ1) is 12.8. The molecule has 0 radical (unpaired) electrons. The summed E-state index contributed by atoms with van der Waals surface area (Å²) in [6.07, 6.45) is 3.36. The number of amides is 1. The molecule has 9 heteroatoms. The normalized spacial score (nSPS) is 25.5. The average molecular weight is 413 g/mol. The van der Waals surface area contributed by atoms with E-state index >= 15 is 0 Å². The van der Waals surface area contributed by atoms with Gasteiger partial charge >= 0.3 is 0 Å². The minimum atomic E-state index is -3.57. The van der Waals surface area contributed by atoms with Crippen LogP contribution in [-0.4, -0.2) is 69.6 Å². The first-order valence-corrected chi connectivity index (χ1v) is 12.6. The molecule has 2 heterocycles. The number of carbonyl (C=O) groups excluding carboxylic acids is 1. The lowest BCUT2D eigenvalue weighted by Gasteiger charge is -2.35. The van der Waals surface area contributed by atoms with Gasteiger partial charge in [0.25, 0.3) is 0 Å². The van der Waals surface area contributed by atoms with Crippen LogP contribution in [0, 0.1) is 5.92 Å². The summed E-state index contributed by atoms with van der Waals surface area (Å²) in [6, 6.07) is 5.38. The Balaban J connectivity index is 1.42. The largest absolute Gasteiger partial charge is 0.340 e. The van der Waals surface area contributed by atoms with Crippen LogP contribution in [0.4, 0.5) is 0 Å². The molecule has 0 unspecified atom stereocenters. The molecule has 1 aromatic carbocycles. The van der Waals surface area contributed by atoms with Crippen molar-refractivity contribution in [2.75, 3.05) is 37.7 Å². The van der Waals surface area contributed by atoms with E-state index in [1.54, 1.807) is 17.0 Å². The van der Waals surface area contributed by atoms with Crippen LogP contribution in [0.2, 0.25) is 0 Å². The molecule has 1 aromatic rings. The monoisotopic (exact) mass is 412 g/mol. The van der Waals surface area contributed by atoms with Gasteiger partial charge in [-0.15, -0.1) is 0 Å². The number of rotatable bonds is 3. The number of benzene rings is 1. The standard InChI is InChI=1S/C18H24N2O5S2/c21-18(16-6-11-26(22,23)13-16)19-7-9-20(10-8-19)27(24,25)17-5-4-14-2-1-3-15(14)12-17/h4-5,12,16H,1-3,6-11,13H2/t16-/m1/s1. The quantitative estimate of drug-likeness (QED) is 0.719. The topological polar surface area (TPSA) is 91.8 Å². The number of fused-ring (bicyclic) bond motifs is 1. The van der Waals surface area contributed by atoms with Crippen LogP contribution in [0.5, 0.6) is 0 Å². The van der Waals surface area contributed by atoms with E-state index < -0.39 is 25.8 Å². The highest BCUT2D eigenvalue weighted by molar-refractivity contribution is 7.91. The molecular weight excluding hydrogens is 388 g/mol. The number of piperazine rings is 1. The molecule has 3 aliphatic rings. The summed E-state index contributed by atoms with van der Waals surface area (Å²) in [5.74, 6) is -0.657. The molecule has 7 nitrogen and oxygen atoms in total. The summed E-state index contributed by atoms with van der Waals surface area (Å²) in [5, 5.41) is 0. The van der Waals surface area contributed by atoms with Crippen molar-refractivity contribution >= 4 is 25.8 Å². The smallest absolute Gasteiger partial charge is 0.243 e. The van der Waals surface area contributed by atoms with Crippen molar-refractivity contribution in [3.8, 4) is 0 Å². The summed E-state index contributed by atoms with van der Waals surface area (Å²) >= 11 is 0. The fraction of sp³-hybridized carbons (Fsp3) is 0.611. The zero-order chi connectivity index (χ0) is 19.2. The van der Waals surface area contributed by atoms with Gasteiger partial charge in [0.2, 0.25) is 15.9 Å². The second-order valence-corrected chi connectivity index (χ2v) is 11.8. The summed E-state index contributed by atoms with van der Waals surface area (Å²) in [5.41, 5.74) is 2.35. The average Bonchev–Trinajstić information content (AvgIpc) is 3.26. The number of nitrogens with zero attached hydrogens (tertiary/aromatic N) is 2. The molecule has 0 spiro atoms. The Hall–Kier alpha value is -1.45. The molecule has 1 aliphatic carbocycles. The second-order valence-electron chi connectivity index (χ2n) is 7.61. The van der Waals surface area contributed by atoms with E-state index in [4.69, 9.17) is 0 Å². The lowest BCUT2D eigenvalue weighted by molar-refractivity contribution is -0.135. The zero-order valence-corrected chi connectivity index (χ0v) is 16.8. The Morgan fingerprint density at radius 3 is 2.41 bits per heavy atom. The summed E-state index contributed by atoms with van der Waals surface area (Å²) in [4.78, 5) is 14.5. The van der Waals surface area contributed by atoms with Crippen molar-refractivity contribution in [2.45, 2.75) is 30.6 Å². The third-order valence-corrected chi connectivity index (χ3v) is 9.50. The molecule has 0 aromatic heterocycles. The highest BCUT2D eigenvalue weighted by atomic mass is 32.2. The van der Waals surface area contributed by atoms with Crippen molar-refractivity contribution in [1.82, 2.24) is 9.21 Å². The molecule has 4 rings (SSSR count). The van der Waals surface area contributed by atoms with Crippen molar-refractivity contribution in [1.29, 1.82) is 0 Å². The van der Waals surface area contributed by atoms with Crippen molar-refractivity contribution < 1.29 is 21.6 Å². The number of carbonyl (C=O) groups is 1. The maximum atomic E-state index is 12.9. The van der Waals surface area contributed by atoms with Gasteiger partial charge in [0.1, 0.15) is 0 Å². The molecule has 148 valence electrons. The van der Waals surface area contributed by atoms with Crippen LogP contribution < -0.4 is 0 Å². The maximum Gasteiger partial charge on any atom is 0.243 e. The molecule has 2 fully saturated rings. The zero-order valence-electron chi connectivity index (χ0n) is 15.1. The van der Waals surface area contributed by atoms with E-state index in [1.807, 2.05) is 6.07 Å². The van der Waals surface area contributed by atoms with Crippen LogP contribution in [0.1, 0.15) is 24.0 Å². The van der Waals surface area contributed by atoms with Gasteiger partial charge in [0, 0.05) is 26.2 Å². The molecule has 2 aliphatic heterocycles. The van der Waals surface area contributed by atoms with Gasteiger partial charge < -0.3 is 4.90 Å². The van der Waals surface area contributed by atoms with E-state index in [0.29, 0.717) is 24.4 Å². The maximum absolute atomic E-state index is 12.9. The van der Waals surface area contributed by atoms with E-state index in [9.17, 15) is 21.6 Å². The molecule has 2 saturated heterocycles. The number of aryl methyl sites for hydroxylation is 2. The second kappa shape index (κ2) is 6.86. The van der Waals surface area contributed by atoms with Crippen LogP contribution in [-0.2, 0) is 37.5 Å². The van der Waals surface area contributed by atoms with Crippen molar-refractivity contribution in [2.24, 2.45) is 5.92 Å². The number of sulfonamides is 1. The fourth-order valence-electron chi connectivity index (χ4n) is 4.25. The Morgan fingerprint density at radius 2 is 1.74 bits per heavy atom. The highest BCUT2D eigenvalue weighted by Crippen LogP contribution is 2.27. The fourth-order valence-corrected chi connectivity index (χ4v) is 7.46. The van der Waals surface area contributed by atoms with Crippen molar-refractivity contribution in [3.05, 3.63) is 29.3 Å². The Labute approximate surface area is 160 Å². The first-order valence-electron chi connectivity index (χ1n) is 9.37. The van der Waals surface area contributed by atoms with Gasteiger partial charge in [-0.3, -0.25) is 4.79 Å². The number of hydrogen-bond donors (Lipinski definition) is 0. The molecule has 1 amide bonds. The van der Waals surface area contributed by atoms with Crippen LogP contribution in [0.3, 0.4) is 0 Å². The molecule has 1 atom stereocenters. The van der Waals surface area contributed by atoms with E-state index in [-0.39, 0.29) is 30.5 Å². The Morgan fingerprint density at radius 1 is 1.04 bits per heavy atom. The summed E-state index contributed by atoms with van der Waals surface area (Å²) < 4.78 is 50.5. The van der Waals surface area contributed by atoms with Gasteiger partial charge in [0.15, 0.2) is 9.84 Å². The predicted molar refractivity (Wildman–Crippen MR) is 101 cm³/mol. The summed E-state index contributed by atoms with van der Waals surface area (Å²) in [6.45, 7) is 1.09. The van der Waals surface area contributed by atoms with Crippen LogP contribution in [0.25, 0.3) is 0 Å². The number of sulfone groups is 1. The van der Waals surface area contributed by atoms with E-state index in [0.717, 1.165) is 24.8 Å². The third kappa shape index (κ3) is 3.64. The van der Waals surface area contributed by atoms with Crippen molar-refractivity contribution in [3.63, 3.8) is 0 Å². The predicted octanol–water partition coefficient (Wildman–Crippen LogP) is 0.443.